The topological polar surface area (TPSA) is 169 Å². The number of unbranched alkanes of at least 4 members (excludes halogenated alkanes) is 29. The molecule has 0 aromatic heterocycles. The molecule has 63 heavy (non-hydrogen) atoms. The van der Waals surface area contributed by atoms with Crippen molar-refractivity contribution in [3.8, 4) is 0 Å². The Morgan fingerprint density at radius 1 is 0.571 bits per heavy atom. The second kappa shape index (κ2) is 38.8. The van der Waals surface area contributed by atoms with Crippen molar-refractivity contribution in [2.75, 3.05) is 25.2 Å². The molecule has 9 atom stereocenters. The van der Waals surface area contributed by atoms with Gasteiger partial charge in [-0.1, -0.05) is 238 Å². The molecule has 1 aliphatic rings. The summed E-state index contributed by atoms with van der Waals surface area (Å²) in [5, 5.41) is 63.0. The summed E-state index contributed by atoms with van der Waals surface area (Å²) in [6.45, 7) is 8.70. The van der Waals surface area contributed by atoms with Crippen LogP contribution in [0.15, 0.2) is 4.36 Å². The molecule has 0 spiro atoms. The molecule has 1 saturated heterocycles. The van der Waals surface area contributed by atoms with E-state index in [2.05, 4.69) is 31.3 Å². The molecule has 0 radical (unpaired) electrons. The average molecular weight is 937 g/mol. The van der Waals surface area contributed by atoms with E-state index in [1.165, 1.54) is 173 Å². The van der Waals surface area contributed by atoms with Crippen LogP contribution in [0.1, 0.15) is 226 Å². The summed E-state index contributed by atoms with van der Waals surface area (Å²) in [5.74, 6) is 0.366. The lowest BCUT2D eigenvalue weighted by molar-refractivity contribution is -0.302. The number of ether oxygens (including phenoxy) is 2. The Balaban J connectivity index is 2.46. The first kappa shape index (κ1) is 60.9. The fourth-order valence-electron chi connectivity index (χ4n) is 9.15. The summed E-state index contributed by atoms with van der Waals surface area (Å²) in [5.41, 5.74) is 0. The van der Waals surface area contributed by atoms with Crippen molar-refractivity contribution in [1.82, 2.24) is 0 Å². The molecule has 0 bridgehead atoms. The van der Waals surface area contributed by atoms with Crippen molar-refractivity contribution in [3.63, 3.8) is 0 Å². The molecule has 1 fully saturated rings. The first-order valence-corrected chi connectivity index (χ1v) is 32.3. The summed E-state index contributed by atoms with van der Waals surface area (Å²) in [6, 6.07) is 1.71. The third-order valence-electron chi connectivity index (χ3n) is 13.6. The fourth-order valence-corrected chi connectivity index (χ4v) is 13.4. The molecule has 1 aliphatic heterocycles. The van der Waals surface area contributed by atoms with Crippen LogP contribution in [0.4, 0.5) is 0 Å². The summed E-state index contributed by atoms with van der Waals surface area (Å²) in [4.78, 5) is 0. The maximum absolute atomic E-state index is 13.8. The molecule has 6 N–H and O–H groups in total. The molecule has 12 heteroatoms. The Hall–Kier alpha value is -0.153. The van der Waals surface area contributed by atoms with Gasteiger partial charge in [0.1, 0.15) is 36.6 Å². The van der Waals surface area contributed by atoms with E-state index in [1.807, 2.05) is 0 Å². The molecule has 0 aromatic carbocycles. The summed E-state index contributed by atoms with van der Waals surface area (Å²) < 4.78 is 29.7. The Labute approximate surface area is 390 Å². The lowest BCUT2D eigenvalue weighted by Crippen LogP contribution is -2.59. The highest BCUT2D eigenvalue weighted by Crippen LogP contribution is 2.26. The van der Waals surface area contributed by atoms with Gasteiger partial charge >= 0.3 is 0 Å². The van der Waals surface area contributed by atoms with Gasteiger partial charge in [0.2, 0.25) is 0 Å². The summed E-state index contributed by atoms with van der Waals surface area (Å²) in [7, 11) is -3.94. The maximum atomic E-state index is 13.8. The number of aliphatic hydroxyl groups excluding tert-OH is 6. The van der Waals surface area contributed by atoms with Gasteiger partial charge < -0.3 is 40.1 Å². The minimum Gasteiger partial charge on any atom is -0.394 e. The van der Waals surface area contributed by atoms with Crippen LogP contribution < -0.4 is 0 Å². The monoisotopic (exact) mass is 936 g/mol. The standard InChI is InChI=1S/C51H105NO9SSi/c1-6-8-10-12-14-16-18-20-21-22-24-26-28-32-36-40-63(4,5)41-37-33-29-31-35-39-62(3,59)52-44(43-60-51-50(58)49(57)48(56)46(42-53)61-51)47(55)45(54)38-34-30-27-25-23-19-17-15-13-11-9-7-2/h44-51,53-58H,6-43H2,1-5H3/t44-,45+,46?,47-,48?,49?,50?,51?,62?/m0/s1. The van der Waals surface area contributed by atoms with Crippen molar-refractivity contribution >= 4 is 17.8 Å². The molecule has 0 amide bonds. The predicted molar refractivity (Wildman–Crippen MR) is 268 cm³/mol. The largest absolute Gasteiger partial charge is 0.394 e. The van der Waals surface area contributed by atoms with Crippen LogP contribution in [0.3, 0.4) is 0 Å². The van der Waals surface area contributed by atoms with Crippen LogP contribution in [0.5, 0.6) is 0 Å². The number of hydrogen-bond acceptors (Lipinski definition) is 10. The molecule has 0 saturated carbocycles. The normalized spacial score (nSPS) is 21.9. The van der Waals surface area contributed by atoms with E-state index >= 15 is 0 Å². The van der Waals surface area contributed by atoms with Crippen LogP contribution in [0, 0.1) is 0 Å². The molecule has 0 aliphatic carbocycles. The molecule has 1 heterocycles. The van der Waals surface area contributed by atoms with Gasteiger partial charge in [0, 0.05) is 29.8 Å². The lowest BCUT2D eigenvalue weighted by atomic mass is 9.99. The van der Waals surface area contributed by atoms with Crippen molar-refractivity contribution in [3.05, 3.63) is 0 Å². The first-order valence-electron chi connectivity index (χ1n) is 26.8. The van der Waals surface area contributed by atoms with E-state index in [-0.39, 0.29) is 6.61 Å². The number of aliphatic hydroxyl groups is 6. The van der Waals surface area contributed by atoms with Crippen LogP contribution in [-0.2, 0) is 19.2 Å². The Kier molecular flexibility index (Phi) is 37.5. The van der Waals surface area contributed by atoms with Crippen molar-refractivity contribution in [2.24, 2.45) is 4.36 Å². The van der Waals surface area contributed by atoms with E-state index in [9.17, 15) is 34.8 Å². The van der Waals surface area contributed by atoms with E-state index in [0.717, 1.165) is 44.9 Å². The highest BCUT2D eigenvalue weighted by molar-refractivity contribution is 7.92. The van der Waals surface area contributed by atoms with Gasteiger partial charge in [-0.3, -0.25) is 4.21 Å². The second-order valence-corrected chi connectivity index (χ2v) is 28.4. The van der Waals surface area contributed by atoms with E-state index in [1.54, 1.807) is 6.26 Å². The van der Waals surface area contributed by atoms with Gasteiger partial charge in [0.05, 0.1) is 19.3 Å². The molecule has 6 unspecified atom stereocenters. The van der Waals surface area contributed by atoms with Gasteiger partial charge in [0.25, 0.3) is 0 Å². The van der Waals surface area contributed by atoms with Crippen LogP contribution in [-0.4, -0.2) is 117 Å². The number of nitrogens with zero attached hydrogens (tertiary/aromatic N) is 1. The van der Waals surface area contributed by atoms with Gasteiger partial charge in [-0.2, -0.15) is 0 Å². The second-order valence-electron chi connectivity index (χ2n) is 20.5. The summed E-state index contributed by atoms with van der Waals surface area (Å²) in [6.07, 6.45) is 32.8. The molecule has 378 valence electrons. The van der Waals surface area contributed by atoms with Crippen molar-refractivity contribution in [1.29, 1.82) is 0 Å². The minimum atomic E-state index is -2.76. The number of hydrogen-bond donors (Lipinski definition) is 6. The number of rotatable bonds is 44. The smallest absolute Gasteiger partial charge is 0.186 e. The van der Waals surface area contributed by atoms with Gasteiger partial charge in [0.15, 0.2) is 6.29 Å². The van der Waals surface area contributed by atoms with Crippen LogP contribution in [0.2, 0.25) is 25.2 Å². The predicted octanol–water partition coefficient (Wildman–Crippen LogP) is 11.6. The van der Waals surface area contributed by atoms with Crippen LogP contribution >= 0.6 is 0 Å². The Morgan fingerprint density at radius 3 is 1.37 bits per heavy atom. The fraction of sp³-hybridized carbons (Fsp3) is 1.00. The third-order valence-corrected chi connectivity index (χ3v) is 18.8. The molecule has 0 aromatic rings. The molecule has 10 nitrogen and oxygen atoms in total. The molecular weight excluding hydrogens is 831 g/mol. The zero-order chi connectivity index (χ0) is 46.6. The van der Waals surface area contributed by atoms with E-state index in [4.69, 9.17) is 9.47 Å². The highest BCUT2D eigenvalue weighted by atomic mass is 32.2. The Morgan fingerprint density at radius 2 is 0.952 bits per heavy atom. The quantitative estimate of drug-likeness (QED) is 0.0257. The summed E-state index contributed by atoms with van der Waals surface area (Å²) >= 11 is 0. The van der Waals surface area contributed by atoms with E-state index in [0.29, 0.717) is 12.2 Å². The van der Waals surface area contributed by atoms with Crippen molar-refractivity contribution in [2.45, 2.75) is 300 Å². The SMILES string of the molecule is CCCCCCCCCCCCCCCCC[Si](C)(C)CCCCCCCS(C)(=O)=N[C@@H](COC1OC(CO)C(O)C(O)C1O)[C@H](O)[C@H](O)CCCCCCCCCCCCCC. The third kappa shape index (κ3) is 31.5. The Bertz CT molecular complexity index is 1160. The molecule has 1 rings (SSSR count). The van der Waals surface area contributed by atoms with Crippen LogP contribution in [0.25, 0.3) is 0 Å². The highest BCUT2D eigenvalue weighted by Gasteiger charge is 2.44. The lowest BCUT2D eigenvalue weighted by Gasteiger charge is -2.40. The van der Waals surface area contributed by atoms with Crippen molar-refractivity contribution < 1.29 is 44.3 Å². The average Bonchev–Trinajstić information content (AvgIpc) is 3.25. The van der Waals surface area contributed by atoms with Gasteiger partial charge in [-0.05, 0) is 12.8 Å². The van der Waals surface area contributed by atoms with E-state index < -0.39 is 73.4 Å². The first-order chi connectivity index (χ1) is 30.3. The zero-order valence-electron chi connectivity index (χ0n) is 41.8. The zero-order valence-corrected chi connectivity index (χ0v) is 43.6. The van der Waals surface area contributed by atoms with Gasteiger partial charge in [-0.25, -0.2) is 4.36 Å². The molecular formula is C51H105NO9SSi. The minimum absolute atomic E-state index is 0.330. The maximum Gasteiger partial charge on any atom is 0.186 e. The van der Waals surface area contributed by atoms with Gasteiger partial charge in [-0.15, -0.1) is 0 Å².